The van der Waals surface area contributed by atoms with E-state index in [0.717, 1.165) is 5.56 Å². The average Bonchev–Trinajstić information content (AvgIpc) is 2.92. The minimum atomic E-state index is -0.679. The fourth-order valence-corrected chi connectivity index (χ4v) is 2.73. The van der Waals surface area contributed by atoms with Gasteiger partial charge in [0.2, 0.25) is 0 Å². The van der Waals surface area contributed by atoms with Gasteiger partial charge in [0.1, 0.15) is 5.75 Å². The molecule has 0 saturated heterocycles. The van der Waals surface area contributed by atoms with Crippen molar-refractivity contribution in [3.05, 3.63) is 62.7 Å². The van der Waals surface area contributed by atoms with E-state index in [0.29, 0.717) is 28.4 Å². The van der Waals surface area contributed by atoms with Crippen molar-refractivity contribution in [1.82, 2.24) is 0 Å². The number of ether oxygens (including phenoxy) is 1. The molecule has 1 aliphatic rings. The van der Waals surface area contributed by atoms with Gasteiger partial charge in [0.05, 0.1) is 16.2 Å². The Morgan fingerprint density at radius 2 is 2.17 bits per heavy atom. The molecule has 2 aromatic carbocycles. The molecule has 0 fully saturated rings. The molecule has 2 aromatic rings. The maximum Gasteiger partial charge on any atom is 0.274 e. The van der Waals surface area contributed by atoms with E-state index in [4.69, 9.17) is 16.3 Å². The first-order valence-corrected chi connectivity index (χ1v) is 7.33. The van der Waals surface area contributed by atoms with Crippen LogP contribution in [0.15, 0.2) is 36.4 Å². The van der Waals surface area contributed by atoms with Crippen LogP contribution in [0, 0.1) is 17.0 Å². The lowest BCUT2D eigenvalue weighted by atomic mass is 10.1. The van der Waals surface area contributed by atoms with Crippen LogP contribution in [0.25, 0.3) is 0 Å². The van der Waals surface area contributed by atoms with E-state index in [1.165, 1.54) is 12.1 Å². The van der Waals surface area contributed by atoms with E-state index >= 15 is 0 Å². The van der Waals surface area contributed by atoms with Crippen molar-refractivity contribution in [2.24, 2.45) is 0 Å². The Labute approximate surface area is 137 Å². The van der Waals surface area contributed by atoms with E-state index in [2.05, 4.69) is 5.32 Å². The summed E-state index contributed by atoms with van der Waals surface area (Å²) in [6.45, 7) is 1.60. The van der Waals surface area contributed by atoms with Crippen LogP contribution < -0.4 is 10.1 Å². The van der Waals surface area contributed by atoms with E-state index in [9.17, 15) is 14.9 Å². The van der Waals surface area contributed by atoms with Gasteiger partial charge in [-0.2, -0.15) is 0 Å². The number of fused-ring (bicyclic) bond motifs is 1. The number of carbonyl (C=O) groups is 1. The van der Waals surface area contributed by atoms with Crippen LogP contribution in [-0.2, 0) is 11.2 Å². The highest BCUT2D eigenvalue weighted by molar-refractivity contribution is 6.30. The Morgan fingerprint density at radius 1 is 1.39 bits per heavy atom. The third kappa shape index (κ3) is 2.98. The molecule has 118 valence electrons. The van der Waals surface area contributed by atoms with Crippen molar-refractivity contribution in [1.29, 1.82) is 0 Å². The quantitative estimate of drug-likeness (QED) is 0.689. The monoisotopic (exact) mass is 332 g/mol. The molecule has 1 amide bonds. The van der Waals surface area contributed by atoms with Gasteiger partial charge in [-0.05, 0) is 36.8 Å². The van der Waals surface area contributed by atoms with E-state index in [-0.39, 0.29) is 11.6 Å². The zero-order valence-corrected chi connectivity index (χ0v) is 13.0. The van der Waals surface area contributed by atoms with Crippen molar-refractivity contribution >= 4 is 28.9 Å². The maximum atomic E-state index is 12.4. The van der Waals surface area contributed by atoms with Gasteiger partial charge in [0, 0.05) is 17.5 Å². The highest BCUT2D eigenvalue weighted by Crippen LogP contribution is 2.32. The summed E-state index contributed by atoms with van der Waals surface area (Å²) in [5.74, 6) is 0.284. The molecule has 0 aromatic heterocycles. The first-order valence-electron chi connectivity index (χ1n) is 6.95. The Balaban J connectivity index is 1.77. The number of carbonyl (C=O) groups excluding carboxylic acids is 1. The molecule has 0 spiro atoms. The summed E-state index contributed by atoms with van der Waals surface area (Å²) >= 11 is 5.93. The van der Waals surface area contributed by atoms with E-state index in [1.54, 1.807) is 31.2 Å². The molecule has 0 aliphatic carbocycles. The fraction of sp³-hybridized carbons (Fsp3) is 0.188. The van der Waals surface area contributed by atoms with Crippen molar-refractivity contribution in [3.63, 3.8) is 0 Å². The fourth-order valence-electron chi connectivity index (χ4n) is 2.53. The average molecular weight is 333 g/mol. The largest absolute Gasteiger partial charge is 0.480 e. The lowest BCUT2D eigenvalue weighted by Gasteiger charge is -2.13. The number of hydrogen-bond donors (Lipinski definition) is 1. The molecule has 23 heavy (non-hydrogen) atoms. The van der Waals surface area contributed by atoms with Crippen LogP contribution in [0.1, 0.15) is 11.1 Å². The van der Waals surface area contributed by atoms with Gasteiger partial charge in [0.25, 0.3) is 11.6 Å². The lowest BCUT2D eigenvalue weighted by Crippen LogP contribution is -2.31. The summed E-state index contributed by atoms with van der Waals surface area (Å²) in [5, 5.41) is 14.2. The summed E-state index contributed by atoms with van der Waals surface area (Å²) in [4.78, 5) is 22.8. The Hall–Kier alpha value is -2.60. The highest BCUT2D eigenvalue weighted by atomic mass is 35.5. The van der Waals surface area contributed by atoms with Crippen LogP contribution >= 0.6 is 11.6 Å². The van der Waals surface area contributed by atoms with Crippen molar-refractivity contribution < 1.29 is 14.5 Å². The number of hydrogen-bond acceptors (Lipinski definition) is 4. The van der Waals surface area contributed by atoms with Crippen molar-refractivity contribution in [2.45, 2.75) is 19.4 Å². The number of rotatable bonds is 3. The smallest absolute Gasteiger partial charge is 0.274 e. The normalized spacial score (nSPS) is 15.7. The Bertz CT molecular complexity index is 807. The summed E-state index contributed by atoms with van der Waals surface area (Å²) < 4.78 is 5.61. The molecule has 0 bridgehead atoms. The number of nitrogens with one attached hydrogen (secondary N) is 1. The first kappa shape index (κ1) is 15.3. The first-order chi connectivity index (χ1) is 11.0. The molecular weight excluding hydrogens is 320 g/mol. The third-order valence-electron chi connectivity index (χ3n) is 3.75. The summed E-state index contributed by atoms with van der Waals surface area (Å²) in [6, 6.07) is 9.75. The number of halogens is 1. The summed E-state index contributed by atoms with van der Waals surface area (Å²) in [6.07, 6.45) is -0.266. The van der Waals surface area contributed by atoms with E-state index in [1.807, 2.05) is 0 Å². The molecular formula is C16H13ClN2O4. The highest BCUT2D eigenvalue weighted by Gasteiger charge is 2.30. The topological polar surface area (TPSA) is 81.5 Å². The Morgan fingerprint density at radius 3 is 2.91 bits per heavy atom. The molecule has 3 rings (SSSR count). The molecule has 0 unspecified atom stereocenters. The standard InChI is InChI=1S/C16H13ClN2O4/c1-9-12(3-2-4-13(9)19(21)22)18-16(20)15-8-10-7-11(17)5-6-14(10)23-15/h2-7,15H,8H2,1H3,(H,18,20)/t15-/m0/s1. The van der Waals surface area contributed by atoms with Crippen molar-refractivity contribution in [3.8, 4) is 5.75 Å². The van der Waals surface area contributed by atoms with Crippen LogP contribution in [0.4, 0.5) is 11.4 Å². The molecule has 1 N–H and O–H groups in total. The van der Waals surface area contributed by atoms with E-state index < -0.39 is 11.0 Å². The predicted octanol–water partition coefficient (Wildman–Crippen LogP) is 3.50. The molecule has 1 atom stereocenters. The van der Waals surface area contributed by atoms with Gasteiger partial charge in [0.15, 0.2) is 6.10 Å². The van der Waals surface area contributed by atoms with Crippen LogP contribution in [0.5, 0.6) is 5.75 Å². The zero-order chi connectivity index (χ0) is 16.6. The van der Waals surface area contributed by atoms with Crippen LogP contribution in [0.3, 0.4) is 0 Å². The predicted molar refractivity (Wildman–Crippen MR) is 86.0 cm³/mol. The molecule has 1 heterocycles. The van der Waals surface area contributed by atoms with Gasteiger partial charge in [-0.1, -0.05) is 17.7 Å². The molecule has 0 radical (unpaired) electrons. The van der Waals surface area contributed by atoms with Gasteiger partial charge >= 0.3 is 0 Å². The maximum absolute atomic E-state index is 12.4. The molecule has 7 heteroatoms. The third-order valence-corrected chi connectivity index (χ3v) is 3.98. The second kappa shape index (κ2) is 5.89. The number of amides is 1. The second-order valence-corrected chi connectivity index (χ2v) is 5.70. The van der Waals surface area contributed by atoms with Crippen LogP contribution in [-0.4, -0.2) is 16.9 Å². The minimum Gasteiger partial charge on any atom is -0.480 e. The molecule has 1 aliphatic heterocycles. The minimum absolute atomic E-state index is 0.0368. The number of nitro benzene ring substituents is 1. The summed E-state index contributed by atoms with van der Waals surface area (Å²) in [5.41, 5.74) is 1.64. The summed E-state index contributed by atoms with van der Waals surface area (Å²) in [7, 11) is 0. The van der Waals surface area contributed by atoms with Crippen LogP contribution in [0.2, 0.25) is 5.02 Å². The number of benzene rings is 2. The van der Waals surface area contributed by atoms with Gasteiger partial charge < -0.3 is 10.1 Å². The second-order valence-electron chi connectivity index (χ2n) is 5.26. The Kier molecular flexibility index (Phi) is 3.92. The van der Waals surface area contributed by atoms with Gasteiger partial charge in [-0.15, -0.1) is 0 Å². The lowest BCUT2D eigenvalue weighted by molar-refractivity contribution is -0.385. The van der Waals surface area contributed by atoms with Crippen molar-refractivity contribution in [2.75, 3.05) is 5.32 Å². The number of nitrogens with zero attached hydrogens (tertiary/aromatic N) is 1. The zero-order valence-electron chi connectivity index (χ0n) is 12.2. The number of nitro groups is 1. The molecule has 0 saturated carbocycles. The molecule has 6 nitrogen and oxygen atoms in total. The van der Waals surface area contributed by atoms with Gasteiger partial charge in [-0.25, -0.2) is 0 Å². The SMILES string of the molecule is Cc1c(NC(=O)[C@@H]2Cc3cc(Cl)ccc3O2)cccc1[N+](=O)[O-]. The number of anilines is 1. The van der Waals surface area contributed by atoms with Gasteiger partial charge in [-0.3, -0.25) is 14.9 Å².